The summed E-state index contributed by atoms with van der Waals surface area (Å²) in [4.78, 5) is 11.6. The van der Waals surface area contributed by atoms with Crippen LogP contribution in [-0.4, -0.2) is 23.3 Å². The van der Waals surface area contributed by atoms with Crippen molar-refractivity contribution in [1.29, 1.82) is 0 Å². The number of phenols is 1. The molecular formula is C16H23NO3. The van der Waals surface area contributed by atoms with Crippen molar-refractivity contribution in [3.8, 4) is 5.75 Å². The van der Waals surface area contributed by atoms with Gasteiger partial charge in [-0.2, -0.15) is 0 Å². The average molecular weight is 277 g/mol. The smallest absolute Gasteiger partial charge is 0.407 e. The van der Waals surface area contributed by atoms with Crippen LogP contribution in [-0.2, 0) is 17.6 Å². The number of aryl methyl sites for hydroxylation is 1. The van der Waals surface area contributed by atoms with Crippen LogP contribution in [0.3, 0.4) is 0 Å². The van der Waals surface area contributed by atoms with E-state index in [9.17, 15) is 9.90 Å². The Morgan fingerprint density at radius 3 is 2.85 bits per heavy atom. The van der Waals surface area contributed by atoms with E-state index in [0.717, 1.165) is 19.3 Å². The number of phenolic OH excluding ortho intramolecular Hbond substituents is 1. The van der Waals surface area contributed by atoms with E-state index in [1.165, 1.54) is 11.1 Å². The van der Waals surface area contributed by atoms with Gasteiger partial charge in [0.25, 0.3) is 0 Å². The first kappa shape index (κ1) is 14.7. The summed E-state index contributed by atoms with van der Waals surface area (Å²) in [5, 5.41) is 12.4. The van der Waals surface area contributed by atoms with Crippen LogP contribution in [0.1, 0.15) is 38.3 Å². The zero-order chi connectivity index (χ0) is 14.8. The first-order valence-electron chi connectivity index (χ1n) is 7.11. The number of carbonyl (C=O) groups is 1. The van der Waals surface area contributed by atoms with Gasteiger partial charge >= 0.3 is 6.09 Å². The number of ether oxygens (including phenoxy) is 1. The normalized spacial score (nSPS) is 18.2. The monoisotopic (exact) mass is 277 g/mol. The summed E-state index contributed by atoms with van der Waals surface area (Å²) >= 11 is 0. The van der Waals surface area contributed by atoms with Gasteiger partial charge in [-0.15, -0.1) is 0 Å². The van der Waals surface area contributed by atoms with Gasteiger partial charge in [0.1, 0.15) is 11.4 Å². The second-order valence-corrected chi connectivity index (χ2v) is 6.44. The molecule has 1 aliphatic rings. The predicted molar refractivity (Wildman–Crippen MR) is 77.9 cm³/mol. The van der Waals surface area contributed by atoms with Crippen LogP contribution >= 0.6 is 0 Å². The van der Waals surface area contributed by atoms with Gasteiger partial charge in [0.15, 0.2) is 0 Å². The molecule has 0 fully saturated rings. The molecule has 0 aliphatic heterocycles. The molecule has 1 amide bonds. The fraction of sp³-hybridized carbons (Fsp3) is 0.562. The Bertz CT molecular complexity index is 491. The van der Waals surface area contributed by atoms with Crippen LogP contribution in [0.25, 0.3) is 0 Å². The Morgan fingerprint density at radius 1 is 1.40 bits per heavy atom. The van der Waals surface area contributed by atoms with Crippen LogP contribution in [0, 0.1) is 5.92 Å². The third kappa shape index (κ3) is 4.15. The second kappa shape index (κ2) is 5.73. The van der Waals surface area contributed by atoms with Crippen LogP contribution in [0.2, 0.25) is 0 Å². The molecule has 1 aromatic rings. The van der Waals surface area contributed by atoms with E-state index in [2.05, 4.69) is 5.32 Å². The lowest BCUT2D eigenvalue weighted by atomic mass is 9.84. The molecule has 0 saturated carbocycles. The molecule has 2 rings (SSSR count). The van der Waals surface area contributed by atoms with Gasteiger partial charge in [0, 0.05) is 6.54 Å². The number of rotatable bonds is 2. The summed E-state index contributed by atoms with van der Waals surface area (Å²) in [5.41, 5.74) is 2.03. The van der Waals surface area contributed by atoms with Gasteiger partial charge in [-0.1, -0.05) is 6.07 Å². The van der Waals surface area contributed by atoms with Crippen molar-refractivity contribution in [3.63, 3.8) is 0 Å². The standard InChI is InChI=1S/C16H23NO3/c1-16(2,3)20-15(19)17-10-11-4-5-12-6-7-14(18)9-13(12)8-11/h6-7,9,11,18H,4-5,8,10H2,1-3H3,(H,17,19)/t11-/m0/s1. The summed E-state index contributed by atoms with van der Waals surface area (Å²) in [6.07, 6.45) is 2.57. The van der Waals surface area contributed by atoms with Crippen molar-refractivity contribution in [2.75, 3.05) is 6.54 Å². The number of hydrogen-bond acceptors (Lipinski definition) is 3. The number of amides is 1. The van der Waals surface area contributed by atoms with Gasteiger partial charge in [0.05, 0.1) is 0 Å². The van der Waals surface area contributed by atoms with Crippen molar-refractivity contribution in [2.24, 2.45) is 5.92 Å². The number of fused-ring (bicyclic) bond motifs is 1. The minimum Gasteiger partial charge on any atom is -0.508 e. The zero-order valence-electron chi connectivity index (χ0n) is 12.4. The maximum atomic E-state index is 11.6. The third-order valence-corrected chi connectivity index (χ3v) is 3.45. The Morgan fingerprint density at radius 2 is 2.15 bits per heavy atom. The molecule has 1 aliphatic carbocycles. The third-order valence-electron chi connectivity index (χ3n) is 3.45. The van der Waals surface area contributed by atoms with Crippen LogP contribution in [0.5, 0.6) is 5.75 Å². The number of carbonyl (C=O) groups excluding carboxylic acids is 1. The highest BCUT2D eigenvalue weighted by Crippen LogP contribution is 2.27. The SMILES string of the molecule is CC(C)(C)OC(=O)NC[C@H]1CCc2ccc(O)cc2C1. The average Bonchev–Trinajstić information content (AvgIpc) is 2.33. The highest BCUT2D eigenvalue weighted by molar-refractivity contribution is 5.67. The van der Waals surface area contributed by atoms with Gasteiger partial charge in [-0.25, -0.2) is 4.79 Å². The van der Waals surface area contributed by atoms with Gasteiger partial charge in [0.2, 0.25) is 0 Å². The van der Waals surface area contributed by atoms with Crippen LogP contribution in [0.15, 0.2) is 18.2 Å². The Hall–Kier alpha value is -1.71. The quantitative estimate of drug-likeness (QED) is 0.873. The van der Waals surface area contributed by atoms with E-state index >= 15 is 0 Å². The lowest BCUT2D eigenvalue weighted by Crippen LogP contribution is -2.36. The van der Waals surface area contributed by atoms with Crippen LogP contribution in [0.4, 0.5) is 4.79 Å². The number of alkyl carbamates (subject to hydrolysis) is 1. The number of nitrogens with one attached hydrogen (secondary N) is 1. The number of aromatic hydroxyl groups is 1. The maximum Gasteiger partial charge on any atom is 0.407 e. The minimum absolute atomic E-state index is 0.310. The molecule has 1 aromatic carbocycles. The lowest BCUT2D eigenvalue weighted by molar-refractivity contribution is 0.0518. The Labute approximate surface area is 120 Å². The predicted octanol–water partition coefficient (Wildman–Crippen LogP) is 3.02. The first-order chi connectivity index (χ1) is 9.33. The Kier molecular flexibility index (Phi) is 4.21. The molecule has 0 unspecified atom stereocenters. The topological polar surface area (TPSA) is 58.6 Å². The Balaban J connectivity index is 1.86. The molecule has 20 heavy (non-hydrogen) atoms. The molecule has 0 saturated heterocycles. The zero-order valence-corrected chi connectivity index (χ0v) is 12.4. The van der Waals surface area contributed by atoms with Crippen molar-refractivity contribution in [1.82, 2.24) is 5.32 Å². The van der Waals surface area contributed by atoms with Crippen molar-refractivity contribution >= 4 is 6.09 Å². The van der Waals surface area contributed by atoms with Crippen molar-refractivity contribution in [3.05, 3.63) is 29.3 Å². The molecule has 0 spiro atoms. The van der Waals surface area contributed by atoms with Crippen LogP contribution < -0.4 is 5.32 Å². The summed E-state index contributed by atoms with van der Waals surface area (Å²) < 4.78 is 5.23. The molecule has 1 atom stereocenters. The highest BCUT2D eigenvalue weighted by Gasteiger charge is 2.21. The molecule has 110 valence electrons. The molecule has 2 N–H and O–H groups in total. The van der Waals surface area contributed by atoms with E-state index in [1.807, 2.05) is 32.9 Å². The summed E-state index contributed by atoms with van der Waals surface area (Å²) in [7, 11) is 0. The highest BCUT2D eigenvalue weighted by atomic mass is 16.6. The molecule has 0 heterocycles. The number of benzene rings is 1. The van der Waals surface area contributed by atoms with E-state index < -0.39 is 5.60 Å². The fourth-order valence-electron chi connectivity index (χ4n) is 2.54. The van der Waals surface area contributed by atoms with E-state index in [-0.39, 0.29) is 6.09 Å². The van der Waals surface area contributed by atoms with E-state index in [1.54, 1.807) is 6.07 Å². The van der Waals surface area contributed by atoms with Crippen molar-refractivity contribution < 1.29 is 14.6 Å². The number of hydrogen-bond donors (Lipinski definition) is 2. The first-order valence-corrected chi connectivity index (χ1v) is 7.11. The van der Waals surface area contributed by atoms with Gasteiger partial charge in [-0.3, -0.25) is 0 Å². The van der Waals surface area contributed by atoms with Gasteiger partial charge < -0.3 is 15.2 Å². The fourth-order valence-corrected chi connectivity index (χ4v) is 2.54. The maximum absolute atomic E-state index is 11.6. The molecule has 4 nitrogen and oxygen atoms in total. The molecule has 0 aromatic heterocycles. The summed E-state index contributed by atoms with van der Waals surface area (Å²) in [5.74, 6) is 0.710. The van der Waals surface area contributed by atoms with E-state index in [4.69, 9.17) is 4.74 Å². The molecule has 4 heteroatoms. The van der Waals surface area contributed by atoms with Gasteiger partial charge in [-0.05, 0) is 69.2 Å². The molecule has 0 bridgehead atoms. The second-order valence-electron chi connectivity index (χ2n) is 6.44. The summed E-state index contributed by atoms with van der Waals surface area (Å²) in [6.45, 7) is 6.18. The molecular weight excluding hydrogens is 254 g/mol. The summed E-state index contributed by atoms with van der Waals surface area (Å²) in [6, 6.07) is 5.55. The van der Waals surface area contributed by atoms with Crippen molar-refractivity contribution in [2.45, 2.75) is 45.6 Å². The lowest BCUT2D eigenvalue weighted by Gasteiger charge is -2.26. The van der Waals surface area contributed by atoms with E-state index in [0.29, 0.717) is 18.2 Å². The minimum atomic E-state index is -0.463. The largest absolute Gasteiger partial charge is 0.508 e. The molecule has 0 radical (unpaired) electrons.